The molecule has 1 aromatic carbocycles. The minimum atomic E-state index is -0.965. The van der Waals surface area contributed by atoms with Crippen molar-refractivity contribution in [1.29, 1.82) is 0 Å². The SMILES string of the molecule is CC(C)(O)CNC(=O)[C@@H]1CNCCO[C@H]1c1ccc(Cl)c(Cl)c1. The van der Waals surface area contributed by atoms with Crippen molar-refractivity contribution in [2.45, 2.75) is 25.6 Å². The molecule has 0 spiro atoms. The van der Waals surface area contributed by atoms with Crippen LogP contribution < -0.4 is 10.6 Å². The predicted molar refractivity (Wildman–Crippen MR) is 90.8 cm³/mol. The van der Waals surface area contributed by atoms with E-state index in [1.54, 1.807) is 26.0 Å². The number of nitrogens with one attached hydrogen (secondary N) is 2. The van der Waals surface area contributed by atoms with E-state index in [1.165, 1.54) is 0 Å². The lowest BCUT2D eigenvalue weighted by Crippen LogP contribution is -2.44. The molecule has 23 heavy (non-hydrogen) atoms. The van der Waals surface area contributed by atoms with E-state index in [9.17, 15) is 9.90 Å². The Morgan fingerprint density at radius 3 is 2.83 bits per heavy atom. The first-order chi connectivity index (χ1) is 10.8. The summed E-state index contributed by atoms with van der Waals surface area (Å²) in [6.07, 6.45) is -0.415. The van der Waals surface area contributed by atoms with Crippen LogP contribution in [0.15, 0.2) is 18.2 Å². The molecular weight excluding hydrogens is 339 g/mol. The molecule has 128 valence electrons. The summed E-state index contributed by atoms with van der Waals surface area (Å²) in [5, 5.41) is 16.6. The maximum absolute atomic E-state index is 12.5. The molecule has 1 fully saturated rings. The maximum Gasteiger partial charge on any atom is 0.227 e. The monoisotopic (exact) mass is 360 g/mol. The molecule has 0 unspecified atom stereocenters. The van der Waals surface area contributed by atoms with Crippen LogP contribution in [0.5, 0.6) is 0 Å². The number of hydrogen-bond acceptors (Lipinski definition) is 4. The van der Waals surface area contributed by atoms with E-state index in [0.29, 0.717) is 29.7 Å². The zero-order chi connectivity index (χ0) is 17.0. The molecule has 1 aliphatic rings. The highest BCUT2D eigenvalue weighted by atomic mass is 35.5. The van der Waals surface area contributed by atoms with Crippen molar-refractivity contribution in [2.24, 2.45) is 5.92 Å². The Bertz CT molecular complexity index is 561. The molecule has 2 rings (SSSR count). The Kier molecular flexibility index (Phi) is 6.28. The third kappa shape index (κ3) is 5.33. The van der Waals surface area contributed by atoms with Crippen LogP contribution in [0.1, 0.15) is 25.5 Å². The molecule has 0 aromatic heterocycles. The van der Waals surface area contributed by atoms with Crippen LogP contribution in [0.3, 0.4) is 0 Å². The van der Waals surface area contributed by atoms with Gasteiger partial charge in [0.1, 0.15) is 0 Å². The van der Waals surface area contributed by atoms with Crippen molar-refractivity contribution in [3.63, 3.8) is 0 Å². The number of ether oxygens (including phenoxy) is 1. The number of benzene rings is 1. The van der Waals surface area contributed by atoms with Gasteiger partial charge in [0.05, 0.1) is 34.3 Å². The van der Waals surface area contributed by atoms with Gasteiger partial charge in [0.25, 0.3) is 0 Å². The number of carbonyl (C=O) groups excluding carboxylic acids is 1. The summed E-state index contributed by atoms with van der Waals surface area (Å²) >= 11 is 12.0. The number of halogens is 2. The highest BCUT2D eigenvalue weighted by Gasteiger charge is 2.32. The fourth-order valence-electron chi connectivity index (χ4n) is 2.42. The molecule has 1 saturated heterocycles. The molecule has 5 nitrogen and oxygen atoms in total. The molecule has 1 heterocycles. The minimum Gasteiger partial charge on any atom is -0.389 e. The highest BCUT2D eigenvalue weighted by Crippen LogP contribution is 2.32. The Labute approximate surface area is 146 Å². The van der Waals surface area contributed by atoms with E-state index < -0.39 is 17.6 Å². The van der Waals surface area contributed by atoms with Crippen LogP contribution in [0.25, 0.3) is 0 Å². The second kappa shape index (κ2) is 7.81. The lowest BCUT2D eigenvalue weighted by molar-refractivity contribution is -0.130. The molecule has 0 bridgehead atoms. The summed E-state index contributed by atoms with van der Waals surface area (Å²) in [4.78, 5) is 12.5. The average molecular weight is 361 g/mol. The number of carbonyl (C=O) groups is 1. The minimum absolute atomic E-state index is 0.169. The number of aliphatic hydroxyl groups is 1. The fraction of sp³-hybridized carbons (Fsp3) is 0.562. The van der Waals surface area contributed by atoms with Crippen LogP contribution in [0.4, 0.5) is 0 Å². The second-order valence-corrected chi connectivity index (χ2v) is 7.12. The molecule has 0 radical (unpaired) electrons. The van der Waals surface area contributed by atoms with Crippen LogP contribution in [0, 0.1) is 5.92 Å². The van der Waals surface area contributed by atoms with E-state index in [0.717, 1.165) is 5.56 Å². The lowest BCUT2D eigenvalue weighted by Gasteiger charge is -2.26. The predicted octanol–water partition coefficient (Wildman–Crippen LogP) is 2.16. The van der Waals surface area contributed by atoms with Crippen LogP contribution in [0.2, 0.25) is 10.0 Å². The van der Waals surface area contributed by atoms with Gasteiger partial charge in [-0.1, -0.05) is 29.3 Å². The zero-order valence-electron chi connectivity index (χ0n) is 13.2. The summed E-state index contributed by atoms with van der Waals surface area (Å²) in [6, 6.07) is 5.25. The summed E-state index contributed by atoms with van der Waals surface area (Å²) < 4.78 is 5.86. The molecular formula is C16H22Cl2N2O3. The van der Waals surface area contributed by atoms with E-state index in [2.05, 4.69) is 10.6 Å². The lowest BCUT2D eigenvalue weighted by atomic mass is 9.94. The van der Waals surface area contributed by atoms with Crippen LogP contribution >= 0.6 is 23.2 Å². The molecule has 1 aliphatic heterocycles. The van der Waals surface area contributed by atoms with E-state index >= 15 is 0 Å². The summed E-state index contributed by atoms with van der Waals surface area (Å²) in [6.45, 7) is 5.13. The Balaban J connectivity index is 2.19. The first-order valence-corrected chi connectivity index (χ1v) is 8.31. The number of rotatable bonds is 4. The zero-order valence-corrected chi connectivity index (χ0v) is 14.7. The van der Waals surface area contributed by atoms with Gasteiger partial charge in [-0.3, -0.25) is 4.79 Å². The van der Waals surface area contributed by atoms with Gasteiger partial charge >= 0.3 is 0 Å². The van der Waals surface area contributed by atoms with Gasteiger partial charge in [-0.05, 0) is 31.5 Å². The van der Waals surface area contributed by atoms with Crippen LogP contribution in [-0.2, 0) is 9.53 Å². The molecule has 3 N–H and O–H groups in total. The first-order valence-electron chi connectivity index (χ1n) is 7.55. The van der Waals surface area contributed by atoms with Crippen LogP contribution in [-0.4, -0.2) is 42.9 Å². The van der Waals surface area contributed by atoms with E-state index in [4.69, 9.17) is 27.9 Å². The topological polar surface area (TPSA) is 70.6 Å². The van der Waals surface area contributed by atoms with E-state index in [1.807, 2.05) is 6.07 Å². The van der Waals surface area contributed by atoms with E-state index in [-0.39, 0.29) is 12.5 Å². The standard InChI is InChI=1S/C16H22Cl2N2O3/c1-16(2,22)9-20-15(21)11-8-19-5-6-23-14(11)10-3-4-12(17)13(18)7-10/h3-4,7,11,14,19,22H,5-6,8-9H2,1-2H3,(H,20,21)/t11-,14+/m1/s1. The maximum atomic E-state index is 12.5. The van der Waals surface area contributed by atoms with Gasteiger partial charge in [0.2, 0.25) is 5.91 Å². The number of amides is 1. The van der Waals surface area contributed by atoms with Gasteiger partial charge in [-0.2, -0.15) is 0 Å². The van der Waals surface area contributed by atoms with Crippen molar-refractivity contribution in [2.75, 3.05) is 26.2 Å². The highest BCUT2D eigenvalue weighted by molar-refractivity contribution is 6.42. The molecule has 2 atom stereocenters. The van der Waals surface area contributed by atoms with Gasteiger partial charge in [-0.15, -0.1) is 0 Å². The summed E-state index contributed by atoms with van der Waals surface area (Å²) in [7, 11) is 0. The smallest absolute Gasteiger partial charge is 0.227 e. The van der Waals surface area contributed by atoms with Crippen molar-refractivity contribution in [3.05, 3.63) is 33.8 Å². The van der Waals surface area contributed by atoms with Crippen molar-refractivity contribution >= 4 is 29.1 Å². The Hall–Kier alpha value is -0.850. The second-order valence-electron chi connectivity index (χ2n) is 6.31. The largest absolute Gasteiger partial charge is 0.389 e. The first kappa shape index (κ1) is 18.5. The normalized spacial score (nSPS) is 22.5. The Morgan fingerprint density at radius 1 is 1.43 bits per heavy atom. The third-order valence-electron chi connectivity index (χ3n) is 3.61. The average Bonchev–Trinajstić information content (AvgIpc) is 2.72. The number of hydrogen-bond donors (Lipinski definition) is 3. The Morgan fingerprint density at radius 2 is 2.17 bits per heavy atom. The van der Waals surface area contributed by atoms with Gasteiger partial charge in [-0.25, -0.2) is 0 Å². The summed E-state index contributed by atoms with van der Waals surface area (Å²) in [5.41, 5.74) is -0.153. The van der Waals surface area contributed by atoms with Crippen molar-refractivity contribution in [1.82, 2.24) is 10.6 Å². The molecule has 0 aliphatic carbocycles. The van der Waals surface area contributed by atoms with Gasteiger partial charge < -0.3 is 20.5 Å². The van der Waals surface area contributed by atoms with Crippen molar-refractivity contribution < 1.29 is 14.6 Å². The molecule has 1 aromatic rings. The molecule has 0 saturated carbocycles. The third-order valence-corrected chi connectivity index (χ3v) is 4.35. The molecule has 7 heteroatoms. The summed E-state index contributed by atoms with van der Waals surface area (Å²) in [5.74, 6) is -0.588. The van der Waals surface area contributed by atoms with Gasteiger partial charge in [0, 0.05) is 19.6 Å². The van der Waals surface area contributed by atoms with Gasteiger partial charge in [0.15, 0.2) is 0 Å². The quantitative estimate of drug-likeness (QED) is 0.769. The fourth-order valence-corrected chi connectivity index (χ4v) is 2.73. The van der Waals surface area contributed by atoms with Crippen molar-refractivity contribution in [3.8, 4) is 0 Å². The molecule has 1 amide bonds.